The number of hydrogen-bond acceptors (Lipinski definition) is 3. The molecule has 5 nitrogen and oxygen atoms in total. The number of hydrogen-bond donors (Lipinski definition) is 1. The van der Waals surface area contributed by atoms with Gasteiger partial charge in [0.25, 0.3) is 5.56 Å². The molecule has 0 aliphatic heterocycles. The molecule has 0 radical (unpaired) electrons. The van der Waals surface area contributed by atoms with Gasteiger partial charge in [-0.3, -0.25) is 14.2 Å². The van der Waals surface area contributed by atoms with Crippen molar-refractivity contribution in [3.63, 3.8) is 0 Å². The third kappa shape index (κ3) is 3.67. The minimum absolute atomic E-state index is 0.0153. The van der Waals surface area contributed by atoms with Gasteiger partial charge in [-0.25, -0.2) is 4.98 Å². The minimum Gasteiger partial charge on any atom is -0.354 e. The van der Waals surface area contributed by atoms with Gasteiger partial charge in [-0.2, -0.15) is 0 Å². The SMILES string of the molecule is O=C(Cn1c(=O)cnc2ccccc21)NCC1(c2ccc(Cl)cc2)CCCC1. The molecule has 1 aromatic heterocycles. The highest BCUT2D eigenvalue weighted by atomic mass is 35.5. The molecule has 144 valence electrons. The molecule has 28 heavy (non-hydrogen) atoms. The van der Waals surface area contributed by atoms with Gasteiger partial charge in [0.05, 0.1) is 17.2 Å². The lowest BCUT2D eigenvalue weighted by Crippen LogP contribution is -2.41. The summed E-state index contributed by atoms with van der Waals surface area (Å²) in [7, 11) is 0. The van der Waals surface area contributed by atoms with Crippen molar-refractivity contribution in [2.24, 2.45) is 0 Å². The van der Waals surface area contributed by atoms with Gasteiger partial charge in [-0.1, -0.05) is 48.7 Å². The molecule has 4 rings (SSSR count). The maximum absolute atomic E-state index is 12.7. The first-order valence-electron chi connectivity index (χ1n) is 9.55. The summed E-state index contributed by atoms with van der Waals surface area (Å²) in [5, 5.41) is 3.78. The van der Waals surface area contributed by atoms with Crippen molar-refractivity contribution in [2.45, 2.75) is 37.6 Å². The fraction of sp³-hybridized carbons (Fsp3) is 0.318. The van der Waals surface area contributed by atoms with Crippen LogP contribution in [-0.4, -0.2) is 22.0 Å². The lowest BCUT2D eigenvalue weighted by molar-refractivity contribution is -0.121. The first-order valence-corrected chi connectivity index (χ1v) is 9.93. The molecule has 1 fully saturated rings. The maximum Gasteiger partial charge on any atom is 0.269 e. The van der Waals surface area contributed by atoms with Gasteiger partial charge in [0.2, 0.25) is 5.91 Å². The van der Waals surface area contributed by atoms with Crippen molar-refractivity contribution in [3.05, 3.63) is 75.7 Å². The van der Waals surface area contributed by atoms with Crippen LogP contribution in [0.25, 0.3) is 11.0 Å². The Morgan fingerprint density at radius 2 is 1.82 bits per heavy atom. The maximum atomic E-state index is 12.7. The number of rotatable bonds is 5. The second-order valence-electron chi connectivity index (χ2n) is 7.44. The molecule has 2 aromatic carbocycles. The number of benzene rings is 2. The Kier molecular flexibility index (Phi) is 5.18. The van der Waals surface area contributed by atoms with E-state index in [2.05, 4.69) is 22.4 Å². The molecule has 0 spiro atoms. The summed E-state index contributed by atoms with van der Waals surface area (Å²) in [4.78, 5) is 29.1. The van der Waals surface area contributed by atoms with Gasteiger partial charge < -0.3 is 5.32 Å². The van der Waals surface area contributed by atoms with Crippen molar-refractivity contribution < 1.29 is 4.79 Å². The Morgan fingerprint density at radius 1 is 1.11 bits per heavy atom. The smallest absolute Gasteiger partial charge is 0.269 e. The molecule has 1 aliphatic rings. The van der Waals surface area contributed by atoms with E-state index < -0.39 is 0 Å². The van der Waals surface area contributed by atoms with Gasteiger partial charge in [-0.15, -0.1) is 0 Å². The van der Waals surface area contributed by atoms with E-state index in [1.165, 1.54) is 16.3 Å². The highest BCUT2D eigenvalue weighted by molar-refractivity contribution is 6.30. The van der Waals surface area contributed by atoms with Gasteiger partial charge >= 0.3 is 0 Å². The fourth-order valence-electron chi connectivity index (χ4n) is 4.17. The van der Waals surface area contributed by atoms with E-state index in [9.17, 15) is 9.59 Å². The van der Waals surface area contributed by atoms with Crippen LogP contribution >= 0.6 is 11.6 Å². The fourth-order valence-corrected chi connectivity index (χ4v) is 4.29. The zero-order valence-corrected chi connectivity index (χ0v) is 16.3. The second-order valence-corrected chi connectivity index (χ2v) is 7.88. The molecule has 1 amide bonds. The standard InChI is InChI=1S/C22H22ClN3O2/c23-17-9-7-16(8-10-17)22(11-3-4-12-22)15-25-20(27)14-26-19-6-2-1-5-18(19)24-13-21(26)28/h1-2,5-10,13H,3-4,11-12,14-15H2,(H,25,27). The van der Waals surface area contributed by atoms with E-state index in [4.69, 9.17) is 11.6 Å². The number of halogens is 1. The lowest BCUT2D eigenvalue weighted by atomic mass is 9.79. The molecular formula is C22H22ClN3O2. The number of amides is 1. The zero-order chi connectivity index (χ0) is 19.6. The van der Waals surface area contributed by atoms with Crippen LogP contribution in [0, 0.1) is 0 Å². The van der Waals surface area contributed by atoms with Crippen molar-refractivity contribution in [2.75, 3.05) is 6.54 Å². The number of para-hydroxylation sites is 2. The van der Waals surface area contributed by atoms with Crippen LogP contribution < -0.4 is 10.9 Å². The topological polar surface area (TPSA) is 64.0 Å². The quantitative estimate of drug-likeness (QED) is 0.716. The van der Waals surface area contributed by atoms with Crippen LogP contribution in [0.4, 0.5) is 0 Å². The Hall–Kier alpha value is -2.66. The molecule has 0 saturated heterocycles. The summed E-state index contributed by atoms with van der Waals surface area (Å²) in [6, 6.07) is 15.3. The van der Waals surface area contributed by atoms with Crippen LogP contribution in [0.15, 0.2) is 59.5 Å². The molecule has 6 heteroatoms. The third-order valence-electron chi connectivity index (χ3n) is 5.70. The Morgan fingerprint density at radius 3 is 2.57 bits per heavy atom. The highest BCUT2D eigenvalue weighted by Gasteiger charge is 2.35. The monoisotopic (exact) mass is 395 g/mol. The molecule has 0 unspecified atom stereocenters. The molecule has 1 saturated carbocycles. The first-order chi connectivity index (χ1) is 13.6. The molecule has 0 atom stereocenters. The molecular weight excluding hydrogens is 374 g/mol. The molecule has 0 bridgehead atoms. The number of carbonyl (C=O) groups is 1. The van der Waals surface area contributed by atoms with Crippen LogP contribution in [0.1, 0.15) is 31.2 Å². The number of nitrogens with one attached hydrogen (secondary N) is 1. The number of carbonyl (C=O) groups excluding carboxylic acids is 1. The van der Waals surface area contributed by atoms with E-state index in [0.29, 0.717) is 22.6 Å². The van der Waals surface area contributed by atoms with E-state index in [-0.39, 0.29) is 23.4 Å². The summed E-state index contributed by atoms with van der Waals surface area (Å²) < 4.78 is 1.47. The first kappa shape index (κ1) is 18.7. The molecule has 3 aromatic rings. The van der Waals surface area contributed by atoms with E-state index >= 15 is 0 Å². The summed E-state index contributed by atoms with van der Waals surface area (Å²) in [5.74, 6) is -0.168. The number of nitrogens with zero attached hydrogens (tertiary/aromatic N) is 2. The zero-order valence-electron chi connectivity index (χ0n) is 15.5. The number of aromatic nitrogens is 2. The largest absolute Gasteiger partial charge is 0.354 e. The molecule has 1 aliphatic carbocycles. The van der Waals surface area contributed by atoms with Gasteiger partial charge in [0, 0.05) is 17.0 Å². The Labute approximate surface area is 168 Å². The predicted molar refractivity (Wildman–Crippen MR) is 111 cm³/mol. The summed E-state index contributed by atoms with van der Waals surface area (Å²) in [5.41, 5.74) is 2.23. The van der Waals surface area contributed by atoms with E-state index in [0.717, 1.165) is 25.7 Å². The van der Waals surface area contributed by atoms with E-state index in [1.54, 1.807) is 0 Å². The van der Waals surface area contributed by atoms with Crippen LogP contribution in [0.2, 0.25) is 5.02 Å². The second kappa shape index (κ2) is 7.76. The summed E-state index contributed by atoms with van der Waals surface area (Å²) >= 11 is 6.04. The average Bonchev–Trinajstić information content (AvgIpc) is 3.19. The van der Waals surface area contributed by atoms with Crippen LogP contribution in [-0.2, 0) is 16.8 Å². The summed E-state index contributed by atoms with van der Waals surface area (Å²) in [6.07, 6.45) is 5.63. The molecule has 1 N–H and O–H groups in total. The normalized spacial score (nSPS) is 15.6. The van der Waals surface area contributed by atoms with Crippen molar-refractivity contribution in [1.82, 2.24) is 14.9 Å². The van der Waals surface area contributed by atoms with Crippen molar-refractivity contribution >= 4 is 28.5 Å². The van der Waals surface area contributed by atoms with Crippen LogP contribution in [0.3, 0.4) is 0 Å². The Bertz CT molecular complexity index is 1050. The minimum atomic E-state index is -0.276. The third-order valence-corrected chi connectivity index (χ3v) is 5.95. The van der Waals surface area contributed by atoms with E-state index in [1.807, 2.05) is 36.4 Å². The van der Waals surface area contributed by atoms with Crippen molar-refractivity contribution in [3.8, 4) is 0 Å². The van der Waals surface area contributed by atoms with Gasteiger partial charge in [0.1, 0.15) is 6.54 Å². The van der Waals surface area contributed by atoms with Crippen molar-refractivity contribution in [1.29, 1.82) is 0 Å². The van der Waals surface area contributed by atoms with Gasteiger partial charge in [0.15, 0.2) is 0 Å². The highest BCUT2D eigenvalue weighted by Crippen LogP contribution is 2.40. The van der Waals surface area contributed by atoms with Crippen LogP contribution in [0.5, 0.6) is 0 Å². The Balaban J connectivity index is 1.52. The number of fused-ring (bicyclic) bond motifs is 1. The predicted octanol–water partition coefficient (Wildman–Crippen LogP) is 3.68. The lowest BCUT2D eigenvalue weighted by Gasteiger charge is -2.30. The summed E-state index contributed by atoms with van der Waals surface area (Å²) in [6.45, 7) is 0.545. The molecule has 1 heterocycles. The van der Waals surface area contributed by atoms with Gasteiger partial charge in [-0.05, 0) is 42.7 Å². The average molecular weight is 396 g/mol.